The van der Waals surface area contributed by atoms with Gasteiger partial charge in [-0.25, -0.2) is 28.9 Å². The van der Waals surface area contributed by atoms with Crippen molar-refractivity contribution >= 4 is 40.9 Å². The summed E-state index contributed by atoms with van der Waals surface area (Å²) in [6.45, 7) is 8.33. The number of carbonyl (C=O) groups is 4. The predicted molar refractivity (Wildman–Crippen MR) is 167 cm³/mol. The Hall–Kier alpha value is -5.19. The fourth-order valence-electron chi connectivity index (χ4n) is 5.35. The Morgan fingerprint density at radius 2 is 1.87 bits per heavy atom. The maximum absolute atomic E-state index is 13.2. The minimum atomic E-state index is -0.982. The van der Waals surface area contributed by atoms with E-state index in [1.54, 1.807) is 62.2 Å². The van der Waals surface area contributed by atoms with Crippen LogP contribution in [0.5, 0.6) is 5.75 Å². The van der Waals surface area contributed by atoms with Crippen molar-refractivity contribution in [2.45, 2.75) is 64.6 Å². The number of methoxy groups -OCH3 is 1. The van der Waals surface area contributed by atoms with E-state index in [0.29, 0.717) is 35.5 Å². The van der Waals surface area contributed by atoms with Crippen LogP contribution in [-0.4, -0.2) is 88.4 Å². The number of fused-ring (bicyclic) bond motifs is 1. The Labute approximate surface area is 267 Å². The summed E-state index contributed by atoms with van der Waals surface area (Å²) in [4.78, 5) is 62.7. The molecule has 0 radical (unpaired) electrons. The maximum Gasteiger partial charge on any atom is 0.425 e. The highest BCUT2D eigenvalue weighted by Gasteiger charge is 2.33. The number of ether oxygens (including phenoxy) is 3. The first-order valence-electron chi connectivity index (χ1n) is 14.9. The van der Waals surface area contributed by atoms with Crippen LogP contribution in [-0.2, 0) is 25.5 Å². The zero-order valence-corrected chi connectivity index (χ0v) is 26.9. The van der Waals surface area contributed by atoms with Crippen LogP contribution in [0.25, 0.3) is 11.0 Å². The van der Waals surface area contributed by atoms with Crippen molar-refractivity contribution in [1.82, 2.24) is 24.8 Å². The summed E-state index contributed by atoms with van der Waals surface area (Å²) in [5.74, 6) is 0.299. The normalized spacial score (nSPS) is 17.0. The lowest BCUT2D eigenvalue weighted by atomic mass is 9.92. The molecule has 1 N–H and O–H groups in total. The molecule has 1 saturated heterocycles. The minimum Gasteiger partial charge on any atom is -0.467 e. The molecule has 14 heteroatoms. The maximum atomic E-state index is 13.2. The molecule has 1 aromatic carbocycles. The average molecular weight is 634 g/mol. The van der Waals surface area contributed by atoms with Gasteiger partial charge in [-0.3, -0.25) is 4.79 Å². The molecule has 14 nitrogen and oxygen atoms in total. The Balaban J connectivity index is 1.46. The van der Waals surface area contributed by atoms with Crippen LogP contribution < -0.4 is 15.0 Å². The van der Waals surface area contributed by atoms with Gasteiger partial charge in [-0.2, -0.15) is 5.26 Å². The number of anilines is 1. The van der Waals surface area contributed by atoms with E-state index >= 15 is 0 Å². The van der Waals surface area contributed by atoms with Crippen LogP contribution >= 0.6 is 0 Å². The molecule has 244 valence electrons. The molecule has 3 atom stereocenters. The van der Waals surface area contributed by atoms with Gasteiger partial charge in [0.15, 0.2) is 5.65 Å². The molecule has 2 amide bonds. The molecule has 4 rings (SSSR count). The van der Waals surface area contributed by atoms with E-state index in [-0.39, 0.29) is 36.5 Å². The number of likely N-dealkylation sites (N-methyl/N-ethyl adjacent to an activating group) is 1. The van der Waals surface area contributed by atoms with Crippen molar-refractivity contribution in [3.8, 4) is 11.8 Å². The van der Waals surface area contributed by atoms with Crippen LogP contribution in [0, 0.1) is 17.2 Å². The SMILES string of the molecule is COC(=O)C(Cc1ccc(OC(=O)n2ccc3c(N(C)[C@H]4CN(C(=O)CC#N)CC[C@H]4C)ncnc32)cc1)NC(=O)OC(C)(C)C. The second kappa shape index (κ2) is 14.3. The van der Waals surface area contributed by atoms with Gasteiger partial charge in [0.05, 0.1) is 24.6 Å². The lowest BCUT2D eigenvalue weighted by molar-refractivity contribution is -0.143. The second-order valence-corrected chi connectivity index (χ2v) is 12.2. The first-order chi connectivity index (χ1) is 21.8. The molecule has 0 bridgehead atoms. The summed E-state index contributed by atoms with van der Waals surface area (Å²) in [6, 6.07) is 9.14. The van der Waals surface area contributed by atoms with Crippen molar-refractivity contribution in [2.75, 3.05) is 32.1 Å². The van der Waals surface area contributed by atoms with E-state index < -0.39 is 29.8 Å². The molecule has 0 saturated carbocycles. The van der Waals surface area contributed by atoms with Crippen molar-refractivity contribution in [2.24, 2.45) is 5.92 Å². The van der Waals surface area contributed by atoms with E-state index in [1.165, 1.54) is 18.0 Å². The van der Waals surface area contributed by atoms with E-state index in [9.17, 15) is 19.2 Å². The number of aromatic nitrogens is 3. The van der Waals surface area contributed by atoms with Crippen LogP contribution in [0.4, 0.5) is 15.4 Å². The first kappa shape index (κ1) is 33.7. The number of benzene rings is 1. The third-order valence-corrected chi connectivity index (χ3v) is 7.74. The topological polar surface area (TPSA) is 169 Å². The molecule has 2 aromatic heterocycles. The van der Waals surface area contributed by atoms with Gasteiger partial charge in [-0.15, -0.1) is 0 Å². The van der Waals surface area contributed by atoms with Crippen LogP contribution in [0.1, 0.15) is 46.1 Å². The Morgan fingerprint density at radius 3 is 2.52 bits per heavy atom. The summed E-state index contributed by atoms with van der Waals surface area (Å²) >= 11 is 0. The third kappa shape index (κ3) is 8.09. The molecular weight excluding hydrogens is 594 g/mol. The van der Waals surface area contributed by atoms with E-state index in [4.69, 9.17) is 19.5 Å². The summed E-state index contributed by atoms with van der Waals surface area (Å²) in [5.41, 5.74) is 0.304. The fourth-order valence-corrected chi connectivity index (χ4v) is 5.35. The number of hydrogen-bond donors (Lipinski definition) is 1. The Bertz CT molecular complexity index is 1620. The monoisotopic (exact) mass is 633 g/mol. The van der Waals surface area contributed by atoms with Crippen molar-refractivity contribution in [1.29, 1.82) is 5.26 Å². The Morgan fingerprint density at radius 1 is 1.15 bits per heavy atom. The molecule has 46 heavy (non-hydrogen) atoms. The predicted octanol–water partition coefficient (Wildman–Crippen LogP) is 3.67. The quantitative estimate of drug-likeness (QED) is 0.359. The highest BCUT2D eigenvalue weighted by molar-refractivity contribution is 5.94. The number of nitriles is 1. The molecule has 1 aliphatic heterocycles. The second-order valence-electron chi connectivity index (χ2n) is 12.2. The van der Waals surface area contributed by atoms with Gasteiger partial charge in [0.25, 0.3) is 0 Å². The summed E-state index contributed by atoms with van der Waals surface area (Å²) in [5, 5.41) is 12.1. The third-order valence-electron chi connectivity index (χ3n) is 7.74. The number of rotatable bonds is 8. The highest BCUT2D eigenvalue weighted by atomic mass is 16.6. The number of nitrogens with zero attached hydrogens (tertiary/aromatic N) is 6. The molecule has 1 unspecified atom stereocenters. The van der Waals surface area contributed by atoms with Gasteiger partial charge in [0.1, 0.15) is 36.0 Å². The molecule has 0 spiro atoms. The van der Waals surface area contributed by atoms with Gasteiger partial charge in [0, 0.05) is 32.8 Å². The smallest absolute Gasteiger partial charge is 0.425 e. The molecular formula is C32H39N7O7. The van der Waals surface area contributed by atoms with Crippen molar-refractivity contribution in [3.05, 3.63) is 48.4 Å². The number of alkyl carbamates (subject to hydrolysis) is 1. The average Bonchev–Trinajstić information content (AvgIpc) is 3.45. The molecule has 1 fully saturated rings. The lowest BCUT2D eigenvalue weighted by Crippen LogP contribution is -2.52. The van der Waals surface area contributed by atoms with Crippen LogP contribution in [0.15, 0.2) is 42.9 Å². The molecule has 3 aromatic rings. The van der Waals surface area contributed by atoms with E-state index in [0.717, 1.165) is 6.42 Å². The number of nitrogens with one attached hydrogen (secondary N) is 1. The lowest BCUT2D eigenvalue weighted by Gasteiger charge is -2.42. The summed E-state index contributed by atoms with van der Waals surface area (Å²) in [6.07, 6.45) is 2.26. The van der Waals surface area contributed by atoms with Gasteiger partial charge in [-0.05, 0) is 56.9 Å². The van der Waals surface area contributed by atoms with Crippen LogP contribution in [0.3, 0.4) is 0 Å². The minimum absolute atomic E-state index is 0.0542. The largest absolute Gasteiger partial charge is 0.467 e. The zero-order chi connectivity index (χ0) is 33.6. The number of likely N-dealkylation sites (tertiary alicyclic amines) is 1. The Kier molecular flexibility index (Phi) is 10.5. The van der Waals surface area contributed by atoms with Gasteiger partial charge < -0.3 is 29.3 Å². The molecule has 1 aliphatic rings. The standard InChI is InChI=1S/C32H39N7O7/c1-20-12-15-38(26(40)11-14-33)18-25(20)37(5)27-23-13-16-39(28(23)35-19-34-27)31(43)45-22-9-7-21(8-10-22)17-24(29(41)44-6)36-30(42)46-32(2,3)4/h7-10,13,16,19-20,24-25H,11-12,15,17-18H2,1-6H3,(H,36,42)/t20-,24?,25+/m1/s1. The van der Waals surface area contributed by atoms with Crippen LogP contribution in [0.2, 0.25) is 0 Å². The van der Waals surface area contributed by atoms with Crippen molar-refractivity contribution in [3.63, 3.8) is 0 Å². The number of amides is 2. The van der Waals surface area contributed by atoms with Gasteiger partial charge in [-0.1, -0.05) is 19.1 Å². The molecule has 3 heterocycles. The fraction of sp³-hybridized carbons (Fsp3) is 0.469. The highest BCUT2D eigenvalue weighted by Crippen LogP contribution is 2.30. The van der Waals surface area contributed by atoms with E-state index in [1.807, 2.05) is 18.0 Å². The van der Waals surface area contributed by atoms with Gasteiger partial charge in [0.2, 0.25) is 5.91 Å². The van der Waals surface area contributed by atoms with Crippen molar-refractivity contribution < 1.29 is 33.4 Å². The van der Waals surface area contributed by atoms with Gasteiger partial charge >= 0.3 is 18.2 Å². The zero-order valence-electron chi connectivity index (χ0n) is 26.9. The number of carbonyl (C=O) groups excluding carboxylic acids is 4. The number of hydrogen-bond acceptors (Lipinski definition) is 11. The number of piperidine rings is 1. The summed E-state index contributed by atoms with van der Waals surface area (Å²) in [7, 11) is 3.13. The first-order valence-corrected chi connectivity index (χ1v) is 14.9. The number of esters is 1. The van der Waals surface area contributed by atoms with E-state index in [2.05, 4.69) is 22.2 Å². The summed E-state index contributed by atoms with van der Waals surface area (Å²) < 4.78 is 17.0. The molecule has 0 aliphatic carbocycles.